The van der Waals surface area contributed by atoms with Crippen molar-refractivity contribution in [3.63, 3.8) is 0 Å². The van der Waals surface area contributed by atoms with Crippen molar-refractivity contribution in [2.24, 2.45) is 0 Å². The number of imidazole rings is 1. The van der Waals surface area contributed by atoms with E-state index in [1.807, 2.05) is 23.6 Å². The lowest BCUT2D eigenvalue weighted by Crippen LogP contribution is -2.22. The summed E-state index contributed by atoms with van der Waals surface area (Å²) in [5.74, 6) is 1.52. The molecule has 0 bridgehead atoms. The monoisotopic (exact) mass is 619 g/mol. The zero-order chi connectivity index (χ0) is 30.7. The van der Waals surface area contributed by atoms with Gasteiger partial charge in [-0.2, -0.15) is 0 Å². The number of thiophene rings is 1. The molecule has 0 aliphatic carbocycles. The molecule has 5 aromatic rings. The van der Waals surface area contributed by atoms with Crippen LogP contribution in [0.4, 0.5) is 4.39 Å². The quantitative estimate of drug-likeness (QED) is 0.0811. The average Bonchev–Trinajstić information content (AvgIpc) is 3.63. The Balaban J connectivity index is 1.56. The highest BCUT2D eigenvalue weighted by atomic mass is 32.1. The van der Waals surface area contributed by atoms with E-state index >= 15 is 0 Å². The van der Waals surface area contributed by atoms with Crippen LogP contribution < -0.4 is 14.2 Å². The van der Waals surface area contributed by atoms with Crippen molar-refractivity contribution in [1.82, 2.24) is 14.5 Å². The first-order valence-corrected chi connectivity index (χ1v) is 18.4. The lowest BCUT2D eigenvalue weighted by atomic mass is 10.1. The molecule has 0 aliphatic heterocycles. The minimum Gasteiger partial charge on any atom is -0.494 e. The molecule has 11 heteroatoms. The third kappa shape index (κ3) is 6.34. The van der Waals surface area contributed by atoms with Crippen molar-refractivity contribution in [1.29, 1.82) is 0 Å². The zero-order valence-electron chi connectivity index (χ0n) is 25.1. The summed E-state index contributed by atoms with van der Waals surface area (Å²) in [6.45, 7) is 7.56. The van der Waals surface area contributed by atoms with Crippen LogP contribution >= 0.6 is 11.3 Å². The predicted molar refractivity (Wildman–Crippen MR) is 170 cm³/mol. The highest BCUT2D eigenvalue weighted by Gasteiger charge is 2.24. The minimum atomic E-state index is -1.32. The zero-order valence-corrected chi connectivity index (χ0v) is 26.9. The molecule has 5 rings (SSSR count). The molecule has 3 aromatic heterocycles. The number of pyridine rings is 1. The van der Waals surface area contributed by atoms with Crippen LogP contribution in [-0.4, -0.2) is 56.3 Å². The van der Waals surface area contributed by atoms with Crippen molar-refractivity contribution in [3.8, 4) is 39.9 Å². The van der Waals surface area contributed by atoms with Crippen LogP contribution in [0.3, 0.4) is 0 Å². The third-order valence-corrected chi connectivity index (χ3v) is 9.77. The Kier molecular flexibility index (Phi) is 8.95. The SMILES string of the molecule is COc1ccc(-c2ncc(C(=O)c3ccc(OC)c(-c4csc5c(F)cccc45)n3)n2COCC[Si](C)(C)C)cc1OC. The second kappa shape index (κ2) is 12.7. The number of nitrogens with zero attached hydrogens (tertiary/aromatic N) is 3. The van der Waals surface area contributed by atoms with Crippen LogP contribution in [0, 0.1) is 5.82 Å². The van der Waals surface area contributed by atoms with Crippen LogP contribution in [0.5, 0.6) is 17.2 Å². The number of ketones is 1. The van der Waals surface area contributed by atoms with E-state index in [-0.39, 0.29) is 24.0 Å². The Morgan fingerprint density at radius 3 is 2.44 bits per heavy atom. The van der Waals surface area contributed by atoms with Crippen LogP contribution in [0.1, 0.15) is 16.2 Å². The summed E-state index contributed by atoms with van der Waals surface area (Å²) in [6, 6.07) is 14.7. The smallest absolute Gasteiger partial charge is 0.229 e. The Bertz CT molecular complexity index is 1780. The normalized spacial score (nSPS) is 11.6. The van der Waals surface area contributed by atoms with Crippen LogP contribution in [0.2, 0.25) is 25.7 Å². The molecule has 0 unspecified atom stereocenters. The fraction of sp³-hybridized carbons (Fsp3) is 0.281. The van der Waals surface area contributed by atoms with Crippen molar-refractivity contribution < 1.29 is 28.1 Å². The van der Waals surface area contributed by atoms with E-state index in [0.29, 0.717) is 56.7 Å². The van der Waals surface area contributed by atoms with Gasteiger partial charge in [0.25, 0.3) is 0 Å². The number of carbonyl (C=O) groups is 1. The molecule has 2 aromatic carbocycles. The average molecular weight is 620 g/mol. The second-order valence-corrected chi connectivity index (χ2v) is 17.7. The lowest BCUT2D eigenvalue weighted by molar-refractivity contribution is 0.0825. The first-order chi connectivity index (χ1) is 20.6. The van der Waals surface area contributed by atoms with Crippen molar-refractivity contribution >= 4 is 35.3 Å². The molecule has 0 atom stereocenters. The minimum absolute atomic E-state index is 0.132. The predicted octanol–water partition coefficient (Wildman–Crippen LogP) is 7.54. The number of ether oxygens (including phenoxy) is 4. The Labute approximate surface area is 255 Å². The summed E-state index contributed by atoms with van der Waals surface area (Å²) in [6.07, 6.45) is 1.54. The van der Waals surface area contributed by atoms with Gasteiger partial charge < -0.3 is 18.9 Å². The molecule has 0 amide bonds. The number of rotatable bonds is 12. The highest BCUT2D eigenvalue weighted by Crippen LogP contribution is 2.39. The summed E-state index contributed by atoms with van der Waals surface area (Å²) in [7, 11) is 3.36. The van der Waals surface area contributed by atoms with Crippen LogP contribution in [-0.2, 0) is 11.5 Å². The number of halogens is 1. The third-order valence-electron chi connectivity index (χ3n) is 7.06. The van der Waals surface area contributed by atoms with E-state index in [1.54, 1.807) is 50.2 Å². The maximum absolute atomic E-state index is 14.5. The van der Waals surface area contributed by atoms with E-state index in [4.69, 9.17) is 23.9 Å². The van der Waals surface area contributed by atoms with Gasteiger partial charge in [-0.1, -0.05) is 31.8 Å². The van der Waals surface area contributed by atoms with Gasteiger partial charge >= 0.3 is 0 Å². The number of hydrogen-bond donors (Lipinski definition) is 0. The Morgan fingerprint density at radius 2 is 1.72 bits per heavy atom. The molecule has 8 nitrogen and oxygen atoms in total. The van der Waals surface area contributed by atoms with Gasteiger partial charge in [0.15, 0.2) is 11.5 Å². The van der Waals surface area contributed by atoms with Gasteiger partial charge in [0.05, 0.1) is 32.2 Å². The van der Waals surface area contributed by atoms with Gasteiger partial charge in [0, 0.05) is 36.6 Å². The number of carbonyl (C=O) groups excluding carboxylic acids is 1. The molecule has 0 N–H and O–H groups in total. The van der Waals surface area contributed by atoms with Gasteiger partial charge in [0.1, 0.15) is 41.2 Å². The van der Waals surface area contributed by atoms with Crippen molar-refractivity contribution in [2.75, 3.05) is 27.9 Å². The van der Waals surface area contributed by atoms with Gasteiger partial charge in [-0.05, 0) is 42.4 Å². The molecule has 3 heterocycles. The van der Waals surface area contributed by atoms with Gasteiger partial charge in [-0.15, -0.1) is 11.3 Å². The lowest BCUT2D eigenvalue weighted by Gasteiger charge is -2.17. The standard InChI is InChI=1S/C32H34FN3O5SSi/c1-38-26-12-10-20(16-28(26)40-3)32-34-17-25(36(32)19-41-14-15-43(4,5)6)30(37)24-11-13-27(39-2)29(35-24)22-18-42-31-21(22)8-7-9-23(31)33/h7-13,16-18H,14-15,19H2,1-6H3. The molecular weight excluding hydrogens is 586 g/mol. The number of fused-ring (bicyclic) bond motifs is 1. The maximum Gasteiger partial charge on any atom is 0.229 e. The van der Waals surface area contributed by atoms with E-state index in [2.05, 4.69) is 24.6 Å². The van der Waals surface area contributed by atoms with Gasteiger partial charge in [0.2, 0.25) is 5.78 Å². The summed E-state index contributed by atoms with van der Waals surface area (Å²) >= 11 is 1.28. The molecule has 0 fully saturated rings. The molecule has 43 heavy (non-hydrogen) atoms. The van der Waals surface area contributed by atoms with Gasteiger partial charge in [-0.25, -0.2) is 14.4 Å². The first-order valence-electron chi connectivity index (χ1n) is 13.8. The summed E-state index contributed by atoms with van der Waals surface area (Å²) in [5.41, 5.74) is 2.42. The number of benzene rings is 2. The fourth-order valence-corrected chi connectivity index (χ4v) is 6.41. The van der Waals surface area contributed by atoms with E-state index < -0.39 is 8.07 Å². The Hall–Kier alpha value is -4.06. The molecule has 224 valence electrons. The molecule has 0 saturated carbocycles. The number of aromatic nitrogens is 3. The maximum atomic E-state index is 14.5. The van der Waals surface area contributed by atoms with Crippen LogP contribution in [0.15, 0.2) is 60.1 Å². The van der Waals surface area contributed by atoms with Gasteiger partial charge in [-0.3, -0.25) is 9.36 Å². The first kappa shape index (κ1) is 30.4. The summed E-state index contributed by atoms with van der Waals surface area (Å²) in [5, 5.41) is 2.54. The van der Waals surface area contributed by atoms with E-state index in [1.165, 1.54) is 23.6 Å². The largest absolute Gasteiger partial charge is 0.494 e. The number of hydrogen-bond acceptors (Lipinski definition) is 8. The molecule has 0 spiro atoms. The fourth-order valence-electron chi connectivity index (χ4n) is 4.69. The van der Waals surface area contributed by atoms with E-state index in [9.17, 15) is 9.18 Å². The second-order valence-electron chi connectivity index (χ2n) is 11.2. The summed E-state index contributed by atoms with van der Waals surface area (Å²) < 4.78 is 39.3. The Morgan fingerprint density at radius 1 is 0.977 bits per heavy atom. The molecule has 0 saturated heterocycles. The van der Waals surface area contributed by atoms with E-state index in [0.717, 1.165) is 11.6 Å². The molecular formula is C32H34FN3O5SSi. The topological polar surface area (TPSA) is 84.7 Å². The van der Waals surface area contributed by atoms with Crippen molar-refractivity contribution in [3.05, 3.63) is 77.3 Å². The van der Waals surface area contributed by atoms with Crippen LogP contribution in [0.25, 0.3) is 32.7 Å². The highest BCUT2D eigenvalue weighted by molar-refractivity contribution is 7.17. The summed E-state index contributed by atoms with van der Waals surface area (Å²) in [4.78, 5) is 23.4. The molecule has 0 radical (unpaired) electrons. The number of methoxy groups -OCH3 is 3. The van der Waals surface area contributed by atoms with Crippen molar-refractivity contribution in [2.45, 2.75) is 32.4 Å². The molecule has 0 aliphatic rings.